The zero-order chi connectivity index (χ0) is 21.7. The van der Waals surface area contributed by atoms with E-state index in [-0.39, 0.29) is 16.7 Å². The quantitative estimate of drug-likeness (QED) is 0.352. The molecule has 7 nitrogen and oxygen atoms in total. The van der Waals surface area contributed by atoms with Crippen LogP contribution in [0.15, 0.2) is 54.6 Å². The van der Waals surface area contributed by atoms with Gasteiger partial charge in [0.05, 0.1) is 11.4 Å². The Balaban J connectivity index is 1.60. The number of nitrogens with zero attached hydrogens (tertiary/aromatic N) is 2. The van der Waals surface area contributed by atoms with E-state index in [9.17, 15) is 19.1 Å². The van der Waals surface area contributed by atoms with Crippen LogP contribution in [0.25, 0.3) is 11.8 Å². The number of benzene rings is 2. The Bertz CT molecular complexity index is 1090. The minimum atomic E-state index is -0.735. The largest absolute Gasteiger partial charge is 0.508 e. The Morgan fingerprint density at radius 3 is 2.53 bits per heavy atom. The molecule has 0 aliphatic heterocycles. The van der Waals surface area contributed by atoms with Gasteiger partial charge in [-0.1, -0.05) is 11.6 Å². The number of amides is 1. The summed E-state index contributed by atoms with van der Waals surface area (Å²) in [6.45, 7) is 1.23. The van der Waals surface area contributed by atoms with Crippen molar-refractivity contribution in [1.29, 1.82) is 0 Å². The Kier molecular flexibility index (Phi) is 6.48. The normalized spacial score (nSPS) is 10.9. The highest BCUT2D eigenvalue weighted by molar-refractivity contribution is 6.31. The van der Waals surface area contributed by atoms with Crippen molar-refractivity contribution in [2.45, 2.75) is 6.92 Å². The fourth-order valence-corrected chi connectivity index (χ4v) is 2.87. The summed E-state index contributed by atoms with van der Waals surface area (Å²) < 4.78 is 19.4. The van der Waals surface area contributed by atoms with Crippen molar-refractivity contribution < 1.29 is 23.8 Å². The highest BCUT2D eigenvalue weighted by atomic mass is 35.5. The number of nitrogens with one attached hydrogen (secondary N) is 1. The fraction of sp³-hybridized carbons (Fsp3) is 0.0952. The van der Waals surface area contributed by atoms with Crippen molar-refractivity contribution >= 4 is 35.2 Å². The molecule has 30 heavy (non-hydrogen) atoms. The van der Waals surface area contributed by atoms with E-state index in [0.717, 1.165) is 6.08 Å². The van der Waals surface area contributed by atoms with Gasteiger partial charge in [0.25, 0.3) is 5.91 Å². The zero-order valence-corrected chi connectivity index (χ0v) is 16.6. The molecule has 0 saturated carbocycles. The third-order valence-corrected chi connectivity index (χ3v) is 4.37. The van der Waals surface area contributed by atoms with Crippen LogP contribution in [0.1, 0.15) is 11.3 Å². The highest BCUT2D eigenvalue weighted by Gasteiger charge is 2.13. The molecule has 2 N–H and O–H groups in total. The molecule has 154 valence electrons. The summed E-state index contributed by atoms with van der Waals surface area (Å²) in [5.41, 5.74) is 2.07. The topological polar surface area (TPSA) is 93.5 Å². The van der Waals surface area contributed by atoms with E-state index in [0.29, 0.717) is 22.6 Å². The third-order valence-electron chi connectivity index (χ3n) is 4.00. The first-order valence-electron chi connectivity index (χ1n) is 8.78. The number of aromatic hydroxyl groups is 1. The van der Waals surface area contributed by atoms with Crippen LogP contribution in [0, 0.1) is 12.7 Å². The lowest BCUT2D eigenvalue weighted by molar-refractivity contribution is -0.142. The summed E-state index contributed by atoms with van der Waals surface area (Å²) in [6, 6.07) is 11.5. The second-order valence-electron chi connectivity index (χ2n) is 6.21. The van der Waals surface area contributed by atoms with E-state index >= 15 is 0 Å². The molecule has 0 spiro atoms. The maximum absolute atomic E-state index is 13.1. The molecule has 2 aromatic carbocycles. The summed E-state index contributed by atoms with van der Waals surface area (Å²) in [7, 11) is 0. The number of phenols is 1. The van der Waals surface area contributed by atoms with Crippen molar-refractivity contribution in [3.8, 4) is 11.4 Å². The molecule has 9 heteroatoms. The lowest BCUT2D eigenvalue weighted by Crippen LogP contribution is -2.20. The number of rotatable bonds is 6. The van der Waals surface area contributed by atoms with E-state index in [2.05, 4.69) is 10.4 Å². The molecule has 3 rings (SSSR count). The minimum absolute atomic E-state index is 0.0706. The number of aryl methyl sites for hydroxylation is 1. The van der Waals surface area contributed by atoms with Gasteiger partial charge in [0.15, 0.2) is 6.61 Å². The summed E-state index contributed by atoms with van der Waals surface area (Å²) in [5, 5.41) is 16.3. The summed E-state index contributed by atoms with van der Waals surface area (Å²) in [6.07, 6.45) is 2.57. The molecule has 0 radical (unpaired) electrons. The molecule has 0 aliphatic rings. The van der Waals surface area contributed by atoms with Crippen LogP contribution in [-0.4, -0.2) is 33.4 Å². The van der Waals surface area contributed by atoms with E-state index in [1.165, 1.54) is 59.3 Å². The van der Waals surface area contributed by atoms with Crippen LogP contribution in [0.5, 0.6) is 5.75 Å². The number of ether oxygens (including phenoxy) is 1. The molecule has 0 atom stereocenters. The van der Waals surface area contributed by atoms with E-state index < -0.39 is 18.5 Å². The first-order chi connectivity index (χ1) is 14.3. The smallest absolute Gasteiger partial charge is 0.331 e. The fourth-order valence-electron chi connectivity index (χ4n) is 2.53. The Morgan fingerprint density at radius 2 is 1.87 bits per heavy atom. The van der Waals surface area contributed by atoms with Gasteiger partial charge in [0.1, 0.15) is 16.7 Å². The highest BCUT2D eigenvalue weighted by Crippen LogP contribution is 2.25. The summed E-state index contributed by atoms with van der Waals surface area (Å²) in [5.74, 6) is -1.57. The predicted molar refractivity (Wildman–Crippen MR) is 110 cm³/mol. The van der Waals surface area contributed by atoms with Crippen molar-refractivity contribution in [1.82, 2.24) is 9.78 Å². The first-order valence-corrected chi connectivity index (χ1v) is 9.16. The van der Waals surface area contributed by atoms with Crippen molar-refractivity contribution in [3.05, 3.63) is 76.8 Å². The van der Waals surface area contributed by atoms with Gasteiger partial charge in [-0.05, 0) is 61.5 Å². The summed E-state index contributed by atoms with van der Waals surface area (Å²) >= 11 is 6.34. The number of carbonyl (C=O) groups is 2. The number of halogens is 2. The number of phenolic OH excluding ortho intramolecular Hbond substituents is 1. The minimum Gasteiger partial charge on any atom is -0.508 e. The molecular formula is C21H17ClFN3O4. The lowest BCUT2D eigenvalue weighted by atomic mass is 10.2. The van der Waals surface area contributed by atoms with Crippen molar-refractivity contribution in [2.75, 3.05) is 11.9 Å². The van der Waals surface area contributed by atoms with Crippen LogP contribution >= 0.6 is 11.6 Å². The molecular weight excluding hydrogens is 413 g/mol. The second kappa shape index (κ2) is 9.23. The van der Waals surface area contributed by atoms with Gasteiger partial charge in [0.2, 0.25) is 0 Å². The average Bonchev–Trinajstić information content (AvgIpc) is 3.01. The molecule has 1 heterocycles. The van der Waals surface area contributed by atoms with Gasteiger partial charge < -0.3 is 15.2 Å². The SMILES string of the molecule is Cc1nn(-c2ccc(F)cc2)c(Cl)c1/C=C/C(=O)OCC(=O)Nc1ccc(O)cc1. The third kappa shape index (κ3) is 5.24. The molecule has 0 bridgehead atoms. The maximum atomic E-state index is 13.1. The molecule has 3 aromatic rings. The van der Waals surface area contributed by atoms with E-state index in [4.69, 9.17) is 16.3 Å². The van der Waals surface area contributed by atoms with Gasteiger partial charge in [-0.25, -0.2) is 13.9 Å². The van der Waals surface area contributed by atoms with Gasteiger partial charge in [-0.2, -0.15) is 5.10 Å². The molecule has 0 saturated heterocycles. The lowest BCUT2D eigenvalue weighted by Gasteiger charge is -2.05. The van der Waals surface area contributed by atoms with Crippen molar-refractivity contribution in [2.24, 2.45) is 0 Å². The van der Waals surface area contributed by atoms with Crippen LogP contribution in [-0.2, 0) is 14.3 Å². The van der Waals surface area contributed by atoms with E-state index in [1.54, 1.807) is 6.92 Å². The Morgan fingerprint density at radius 1 is 1.20 bits per heavy atom. The molecule has 0 aliphatic carbocycles. The standard InChI is InChI=1S/C21H17ClFN3O4/c1-13-18(21(22)26(25-13)16-6-2-14(23)3-7-16)10-11-20(29)30-12-19(28)24-15-4-8-17(27)9-5-15/h2-11,27H,12H2,1H3,(H,24,28)/b11-10+. The molecule has 0 unspecified atom stereocenters. The second-order valence-corrected chi connectivity index (χ2v) is 6.57. The van der Waals surface area contributed by atoms with Crippen LogP contribution in [0.2, 0.25) is 5.15 Å². The van der Waals surface area contributed by atoms with Gasteiger partial charge in [-0.15, -0.1) is 0 Å². The number of anilines is 1. The monoisotopic (exact) mass is 429 g/mol. The summed E-state index contributed by atoms with van der Waals surface area (Å²) in [4.78, 5) is 23.8. The Hall–Kier alpha value is -3.65. The number of esters is 1. The van der Waals surface area contributed by atoms with Gasteiger partial charge >= 0.3 is 5.97 Å². The van der Waals surface area contributed by atoms with Crippen LogP contribution in [0.3, 0.4) is 0 Å². The van der Waals surface area contributed by atoms with Gasteiger partial charge in [0, 0.05) is 17.3 Å². The van der Waals surface area contributed by atoms with Gasteiger partial charge in [-0.3, -0.25) is 4.79 Å². The average molecular weight is 430 g/mol. The maximum Gasteiger partial charge on any atom is 0.331 e. The number of aromatic nitrogens is 2. The van der Waals surface area contributed by atoms with Crippen molar-refractivity contribution in [3.63, 3.8) is 0 Å². The zero-order valence-electron chi connectivity index (χ0n) is 15.8. The van der Waals surface area contributed by atoms with E-state index in [1.807, 2.05) is 0 Å². The number of hydrogen-bond donors (Lipinski definition) is 2. The molecule has 1 amide bonds. The van der Waals surface area contributed by atoms with Crippen LogP contribution < -0.4 is 5.32 Å². The Labute approximate surface area is 176 Å². The molecule has 1 aromatic heterocycles. The number of carbonyl (C=O) groups excluding carboxylic acids is 2. The van der Waals surface area contributed by atoms with Crippen LogP contribution in [0.4, 0.5) is 10.1 Å². The first kappa shape index (κ1) is 21.1. The molecule has 0 fully saturated rings. The predicted octanol–water partition coefficient (Wildman–Crippen LogP) is 3.87. The number of hydrogen-bond acceptors (Lipinski definition) is 5.